The molecule has 2 amide bonds. The molecule has 1 aliphatic heterocycles. The van der Waals surface area contributed by atoms with Crippen molar-refractivity contribution in [2.75, 3.05) is 16.8 Å². The number of hydrogen-bond acceptors (Lipinski definition) is 4. The number of para-hydroxylation sites is 2. The van der Waals surface area contributed by atoms with E-state index in [1.54, 1.807) is 53.2 Å². The Kier molecular flexibility index (Phi) is 5.34. The Morgan fingerprint density at radius 1 is 1.13 bits per heavy atom. The highest BCUT2D eigenvalue weighted by Gasteiger charge is 2.44. The van der Waals surface area contributed by atoms with Gasteiger partial charge < -0.3 is 15.2 Å². The number of phenolic OH excluding ortho intramolecular Hbond substituents is 1. The Morgan fingerprint density at radius 3 is 2.60 bits per heavy atom. The van der Waals surface area contributed by atoms with Gasteiger partial charge in [-0.1, -0.05) is 18.2 Å². The zero-order chi connectivity index (χ0) is 21.1. The van der Waals surface area contributed by atoms with Crippen molar-refractivity contribution in [1.82, 2.24) is 0 Å². The number of nitrogens with one attached hydrogen (secondary N) is 1. The Labute approximate surface area is 174 Å². The minimum Gasteiger partial charge on any atom is -0.506 e. The summed E-state index contributed by atoms with van der Waals surface area (Å²) < 4.78 is 7.19. The largest absolute Gasteiger partial charge is 0.506 e. The highest BCUT2D eigenvalue weighted by atomic mass is 16.5. The molecule has 1 aromatic heterocycles. The maximum atomic E-state index is 13.4. The van der Waals surface area contributed by atoms with Crippen LogP contribution in [0.3, 0.4) is 0 Å². The molecule has 1 atom stereocenters. The molecule has 7 nitrogen and oxygen atoms in total. The predicted octanol–water partition coefficient (Wildman–Crippen LogP) is 2.81. The van der Waals surface area contributed by atoms with E-state index < -0.39 is 6.04 Å². The lowest BCUT2D eigenvalue weighted by molar-refractivity contribution is -0.695. The van der Waals surface area contributed by atoms with Crippen LogP contribution in [0.1, 0.15) is 18.7 Å². The van der Waals surface area contributed by atoms with Gasteiger partial charge in [0, 0.05) is 17.8 Å². The molecule has 0 radical (unpaired) electrons. The van der Waals surface area contributed by atoms with Crippen molar-refractivity contribution in [3.05, 3.63) is 78.6 Å². The molecule has 1 aliphatic rings. The summed E-state index contributed by atoms with van der Waals surface area (Å²) in [6.45, 7) is 2.54. The molecule has 0 saturated heterocycles. The van der Waals surface area contributed by atoms with E-state index in [-0.39, 0.29) is 24.1 Å². The molecule has 30 heavy (non-hydrogen) atoms. The van der Waals surface area contributed by atoms with Gasteiger partial charge in [-0.15, -0.1) is 0 Å². The van der Waals surface area contributed by atoms with E-state index in [1.165, 1.54) is 11.0 Å². The molecule has 152 valence electrons. The van der Waals surface area contributed by atoms with Gasteiger partial charge in [-0.3, -0.25) is 14.5 Å². The number of fused-ring (bicyclic) bond motifs is 1. The van der Waals surface area contributed by atoms with Crippen molar-refractivity contribution in [2.45, 2.75) is 19.5 Å². The zero-order valence-electron chi connectivity index (χ0n) is 16.5. The van der Waals surface area contributed by atoms with Crippen LogP contribution in [-0.4, -0.2) is 23.5 Å². The number of hydrogen-bond donors (Lipinski definition) is 2. The number of phenols is 1. The molecule has 0 spiro atoms. The van der Waals surface area contributed by atoms with Crippen molar-refractivity contribution in [3.8, 4) is 11.5 Å². The van der Waals surface area contributed by atoms with E-state index in [0.29, 0.717) is 29.4 Å². The first-order chi connectivity index (χ1) is 14.6. The molecule has 7 heteroatoms. The first-order valence-corrected chi connectivity index (χ1v) is 9.70. The van der Waals surface area contributed by atoms with E-state index in [9.17, 15) is 14.7 Å². The summed E-state index contributed by atoms with van der Waals surface area (Å²) >= 11 is 0. The molecule has 3 aromatic rings. The molecular weight excluding hydrogens is 382 g/mol. The number of carbonyl (C=O) groups is 2. The van der Waals surface area contributed by atoms with Gasteiger partial charge in [-0.2, -0.15) is 4.57 Å². The molecule has 0 bridgehead atoms. The molecular formula is C23H22N3O4+. The first kappa shape index (κ1) is 19.4. The summed E-state index contributed by atoms with van der Waals surface area (Å²) in [7, 11) is 0. The number of anilines is 2. The number of carbonyl (C=O) groups excluding carboxylic acids is 2. The molecule has 4 rings (SSSR count). The summed E-state index contributed by atoms with van der Waals surface area (Å²) in [5.41, 5.74) is 1.54. The van der Waals surface area contributed by atoms with Crippen molar-refractivity contribution in [3.63, 3.8) is 0 Å². The van der Waals surface area contributed by atoms with Crippen molar-refractivity contribution in [1.29, 1.82) is 0 Å². The Morgan fingerprint density at radius 2 is 1.87 bits per heavy atom. The fraction of sp³-hybridized carbons (Fsp3) is 0.174. The van der Waals surface area contributed by atoms with Crippen LogP contribution >= 0.6 is 0 Å². The fourth-order valence-electron chi connectivity index (χ4n) is 3.58. The Bertz CT molecular complexity index is 1080. The number of aromatic nitrogens is 1. The van der Waals surface area contributed by atoms with Crippen LogP contribution in [0, 0.1) is 0 Å². The van der Waals surface area contributed by atoms with Crippen LogP contribution in [-0.2, 0) is 16.1 Å². The highest BCUT2D eigenvalue weighted by Crippen LogP contribution is 2.35. The van der Waals surface area contributed by atoms with Crippen LogP contribution in [0.2, 0.25) is 0 Å². The van der Waals surface area contributed by atoms with Gasteiger partial charge in [0.1, 0.15) is 11.5 Å². The van der Waals surface area contributed by atoms with E-state index >= 15 is 0 Å². The van der Waals surface area contributed by atoms with Gasteiger partial charge in [0.15, 0.2) is 6.20 Å². The molecule has 2 N–H and O–H groups in total. The van der Waals surface area contributed by atoms with Gasteiger partial charge in [-0.05, 0) is 43.3 Å². The second-order valence-electron chi connectivity index (χ2n) is 6.86. The van der Waals surface area contributed by atoms with Gasteiger partial charge >= 0.3 is 0 Å². The summed E-state index contributed by atoms with van der Waals surface area (Å²) in [6.07, 6.45) is 1.77. The number of benzene rings is 2. The van der Waals surface area contributed by atoms with E-state index in [2.05, 4.69) is 5.32 Å². The average Bonchev–Trinajstić information content (AvgIpc) is 2.75. The summed E-state index contributed by atoms with van der Waals surface area (Å²) in [5, 5.41) is 13.2. The van der Waals surface area contributed by atoms with Crippen molar-refractivity contribution in [2.24, 2.45) is 0 Å². The zero-order valence-corrected chi connectivity index (χ0v) is 16.5. The quantitative estimate of drug-likeness (QED) is 0.641. The smallest absolute Gasteiger partial charge is 0.294 e. The molecule has 0 fully saturated rings. The van der Waals surface area contributed by atoms with Crippen molar-refractivity contribution < 1.29 is 24.0 Å². The number of nitrogens with zero attached hydrogens (tertiary/aromatic N) is 2. The minimum absolute atomic E-state index is 0.0610. The predicted molar refractivity (Wildman–Crippen MR) is 111 cm³/mol. The standard InChI is InChI=1S/C23H21N3O4/c1-2-30-17-12-10-16(11-13-17)24-23(29)22-19-8-5-6-14-25(19)15-21(28)26(22)18-7-3-4-9-20(18)27/h3-14,22H,2,15H2,1H3,(H-,24,27,29)/p+1/t22-/m1/s1. The number of ether oxygens (including phenoxy) is 1. The minimum atomic E-state index is -0.938. The van der Waals surface area contributed by atoms with Gasteiger partial charge in [0.25, 0.3) is 11.8 Å². The maximum absolute atomic E-state index is 13.4. The van der Waals surface area contributed by atoms with E-state index in [1.807, 2.05) is 25.1 Å². The van der Waals surface area contributed by atoms with Gasteiger partial charge in [0.2, 0.25) is 18.3 Å². The Balaban J connectivity index is 1.71. The Hall–Kier alpha value is -3.87. The fourth-order valence-corrected chi connectivity index (χ4v) is 3.58. The molecule has 2 heterocycles. The third kappa shape index (κ3) is 3.69. The monoisotopic (exact) mass is 404 g/mol. The highest BCUT2D eigenvalue weighted by molar-refractivity contribution is 6.06. The van der Waals surface area contributed by atoms with Crippen LogP contribution in [0.25, 0.3) is 0 Å². The lowest BCUT2D eigenvalue weighted by atomic mass is 10.0. The molecule has 2 aromatic carbocycles. The summed E-state index contributed by atoms with van der Waals surface area (Å²) in [6, 6.07) is 18.1. The van der Waals surface area contributed by atoms with Gasteiger partial charge in [-0.25, -0.2) is 0 Å². The molecule has 0 saturated carbocycles. The number of pyridine rings is 1. The van der Waals surface area contributed by atoms with E-state index in [4.69, 9.17) is 4.74 Å². The SMILES string of the molecule is CCOc1ccc(NC(=O)[C@H]2c3cccc[n+]3CC(=O)N2c2ccccc2O)cc1. The first-order valence-electron chi connectivity index (χ1n) is 9.70. The second kappa shape index (κ2) is 8.24. The number of amides is 2. The average molecular weight is 404 g/mol. The topological polar surface area (TPSA) is 82.8 Å². The van der Waals surface area contributed by atoms with Crippen molar-refractivity contribution >= 4 is 23.2 Å². The lowest BCUT2D eigenvalue weighted by Gasteiger charge is -2.32. The summed E-state index contributed by atoms with van der Waals surface area (Å²) in [4.78, 5) is 27.7. The van der Waals surface area contributed by atoms with Crippen LogP contribution in [0.4, 0.5) is 11.4 Å². The van der Waals surface area contributed by atoms with E-state index in [0.717, 1.165) is 0 Å². The second-order valence-corrected chi connectivity index (χ2v) is 6.86. The molecule has 0 unspecified atom stereocenters. The van der Waals surface area contributed by atoms with Crippen LogP contribution in [0.5, 0.6) is 11.5 Å². The third-order valence-corrected chi connectivity index (χ3v) is 4.91. The summed E-state index contributed by atoms with van der Waals surface area (Å²) in [5.74, 6) is -0.0170. The van der Waals surface area contributed by atoms with Crippen LogP contribution in [0.15, 0.2) is 72.9 Å². The lowest BCUT2D eigenvalue weighted by Crippen LogP contribution is -2.58. The number of aromatic hydroxyl groups is 1. The third-order valence-electron chi connectivity index (χ3n) is 4.91. The molecule has 0 aliphatic carbocycles. The van der Waals surface area contributed by atoms with Crippen LogP contribution < -0.4 is 19.5 Å². The normalized spacial score (nSPS) is 15.4. The maximum Gasteiger partial charge on any atom is 0.294 e. The number of rotatable bonds is 5. The van der Waals surface area contributed by atoms with Gasteiger partial charge in [0.05, 0.1) is 12.3 Å².